The molecule has 3 rings (SSSR count). The largest absolute Gasteiger partial charge is 0.347 e. The maximum atomic E-state index is 13.4. The van der Waals surface area contributed by atoms with E-state index in [0.29, 0.717) is 37.3 Å². The van der Waals surface area contributed by atoms with Gasteiger partial charge in [-0.3, -0.25) is 4.79 Å². The van der Waals surface area contributed by atoms with Gasteiger partial charge in [0, 0.05) is 29.9 Å². The fourth-order valence-corrected chi connectivity index (χ4v) is 4.55. The van der Waals surface area contributed by atoms with Crippen molar-refractivity contribution < 1.29 is 13.6 Å². The van der Waals surface area contributed by atoms with Crippen LogP contribution < -0.4 is 10.6 Å². The molecule has 0 aromatic carbocycles. The molecule has 2 aliphatic rings. The first-order chi connectivity index (χ1) is 10.9. The molecule has 4 atom stereocenters. The van der Waals surface area contributed by atoms with Gasteiger partial charge in [-0.05, 0) is 50.2 Å². The summed E-state index contributed by atoms with van der Waals surface area (Å²) in [6.07, 6.45) is 1.73. The van der Waals surface area contributed by atoms with Gasteiger partial charge < -0.3 is 10.6 Å². The average molecular weight is 363 g/mol. The van der Waals surface area contributed by atoms with Crippen LogP contribution in [-0.4, -0.2) is 30.5 Å². The van der Waals surface area contributed by atoms with Gasteiger partial charge in [-0.1, -0.05) is 11.6 Å². The summed E-state index contributed by atoms with van der Waals surface area (Å²) in [4.78, 5) is 12.8. The Labute approximate surface area is 143 Å². The summed E-state index contributed by atoms with van der Waals surface area (Å²) in [5, 5.41) is 5.87. The van der Waals surface area contributed by atoms with Crippen molar-refractivity contribution in [3.63, 3.8) is 0 Å². The van der Waals surface area contributed by atoms with Gasteiger partial charge in [0.05, 0.1) is 4.34 Å². The normalized spacial score (nSPS) is 31.3. The van der Waals surface area contributed by atoms with Crippen LogP contribution in [0.2, 0.25) is 4.34 Å². The first kappa shape index (κ1) is 17.1. The molecule has 1 aromatic rings. The number of thiophene rings is 1. The summed E-state index contributed by atoms with van der Waals surface area (Å²) in [6.45, 7) is 2.66. The lowest BCUT2D eigenvalue weighted by Crippen LogP contribution is -2.47. The number of hydrogen-bond donors (Lipinski definition) is 2. The van der Waals surface area contributed by atoms with E-state index in [0.717, 1.165) is 10.8 Å². The van der Waals surface area contributed by atoms with Crippen LogP contribution in [0.1, 0.15) is 43.4 Å². The first-order valence-electron chi connectivity index (χ1n) is 8.04. The molecule has 7 heteroatoms. The van der Waals surface area contributed by atoms with Crippen LogP contribution in [0, 0.1) is 5.92 Å². The molecular weight excluding hydrogens is 342 g/mol. The highest BCUT2D eigenvalue weighted by Gasteiger charge is 2.44. The maximum Gasteiger partial charge on any atom is 0.324 e. The summed E-state index contributed by atoms with van der Waals surface area (Å²) >= 11 is 7.60. The van der Waals surface area contributed by atoms with Crippen LogP contribution >= 0.6 is 22.9 Å². The molecule has 1 amide bonds. The molecular formula is C16H21ClF2N2OS. The monoisotopic (exact) mass is 362 g/mol. The molecule has 0 bridgehead atoms. The summed E-state index contributed by atoms with van der Waals surface area (Å²) in [5.41, 5.74) is 0. The number of halogens is 3. The van der Waals surface area contributed by atoms with E-state index >= 15 is 0 Å². The number of rotatable bonds is 5. The number of alkyl halides is 2. The zero-order valence-electron chi connectivity index (χ0n) is 13.0. The van der Waals surface area contributed by atoms with Gasteiger partial charge in [-0.2, -0.15) is 8.78 Å². The van der Waals surface area contributed by atoms with Crippen molar-refractivity contribution in [3.05, 3.63) is 21.3 Å². The third-order valence-electron chi connectivity index (χ3n) is 4.84. The number of carbonyl (C=O) groups excluding carboxylic acids is 1. The minimum atomic E-state index is -3.22. The Bertz CT molecular complexity index is 580. The predicted octanol–water partition coefficient (Wildman–Crippen LogP) is 3.79. The Kier molecular flexibility index (Phi) is 4.95. The highest BCUT2D eigenvalue weighted by molar-refractivity contribution is 7.16. The van der Waals surface area contributed by atoms with Gasteiger partial charge in [0.1, 0.15) is 0 Å². The topological polar surface area (TPSA) is 41.1 Å². The average Bonchev–Trinajstić information content (AvgIpc) is 3.20. The Morgan fingerprint density at radius 3 is 3.00 bits per heavy atom. The minimum Gasteiger partial charge on any atom is -0.347 e. The number of amides is 1. The van der Waals surface area contributed by atoms with Crippen LogP contribution in [0.3, 0.4) is 0 Å². The number of hydrogen-bond acceptors (Lipinski definition) is 3. The fraction of sp³-hybridized carbons (Fsp3) is 0.688. The van der Waals surface area contributed by atoms with Gasteiger partial charge >= 0.3 is 5.92 Å². The second-order valence-corrected chi connectivity index (χ2v) is 8.36. The standard InChI is InChI=1S/C16H21ClF2N2OS/c1-9(11-7-12(11)13-4-5-14(17)23-13)20-8-10-3-2-6-16(18,19)15(22)21-10/h4-5,9-12,20H,2-3,6-8H2,1H3,(H,21,22)/t9?,10?,11-,12+/m0/s1. The Morgan fingerprint density at radius 2 is 2.30 bits per heavy atom. The molecule has 1 saturated heterocycles. The van der Waals surface area contributed by atoms with Crippen LogP contribution in [-0.2, 0) is 4.79 Å². The van der Waals surface area contributed by atoms with Crippen molar-refractivity contribution in [1.29, 1.82) is 0 Å². The van der Waals surface area contributed by atoms with E-state index in [1.54, 1.807) is 11.3 Å². The van der Waals surface area contributed by atoms with Crippen molar-refractivity contribution in [2.45, 2.75) is 56.5 Å². The third-order valence-corrected chi connectivity index (χ3v) is 6.20. The molecule has 0 radical (unpaired) electrons. The zero-order valence-corrected chi connectivity index (χ0v) is 14.5. The molecule has 1 aliphatic heterocycles. The summed E-state index contributed by atoms with van der Waals surface area (Å²) in [5.74, 6) is -3.26. The van der Waals surface area contributed by atoms with Gasteiger partial charge in [0.2, 0.25) is 0 Å². The van der Waals surface area contributed by atoms with Gasteiger partial charge in [0.25, 0.3) is 5.91 Å². The minimum absolute atomic E-state index is 0.216. The SMILES string of the molecule is CC(NCC1CCCC(F)(F)C(=O)N1)[C@@H]1C[C@H]1c1ccc(Cl)s1. The second-order valence-electron chi connectivity index (χ2n) is 6.61. The van der Waals surface area contributed by atoms with Crippen molar-refractivity contribution in [2.24, 2.45) is 5.92 Å². The molecule has 23 heavy (non-hydrogen) atoms. The molecule has 3 nitrogen and oxygen atoms in total. The molecule has 2 N–H and O–H groups in total. The molecule has 2 unspecified atom stereocenters. The molecule has 1 aromatic heterocycles. The highest BCUT2D eigenvalue weighted by Crippen LogP contribution is 2.51. The number of nitrogens with one attached hydrogen (secondary N) is 2. The second kappa shape index (κ2) is 6.65. The van der Waals surface area contributed by atoms with Crippen LogP contribution in [0.4, 0.5) is 8.78 Å². The zero-order chi connectivity index (χ0) is 16.6. The lowest BCUT2D eigenvalue weighted by atomic mass is 10.1. The van der Waals surface area contributed by atoms with Crippen molar-refractivity contribution in [2.75, 3.05) is 6.54 Å². The Hall–Kier alpha value is -0.720. The van der Waals surface area contributed by atoms with Gasteiger partial charge in [-0.25, -0.2) is 0 Å². The lowest BCUT2D eigenvalue weighted by molar-refractivity contribution is -0.145. The van der Waals surface area contributed by atoms with Crippen molar-refractivity contribution >= 4 is 28.8 Å². The summed E-state index contributed by atoms with van der Waals surface area (Å²) in [6, 6.07) is 4.09. The molecule has 2 heterocycles. The van der Waals surface area contributed by atoms with E-state index in [1.807, 2.05) is 6.07 Å². The number of carbonyl (C=O) groups is 1. The molecule has 128 valence electrons. The van der Waals surface area contributed by atoms with Crippen molar-refractivity contribution in [1.82, 2.24) is 10.6 Å². The first-order valence-corrected chi connectivity index (χ1v) is 9.23. The molecule has 2 fully saturated rings. The third kappa shape index (κ3) is 4.03. The molecule has 1 aliphatic carbocycles. The molecule has 0 spiro atoms. The van der Waals surface area contributed by atoms with Gasteiger partial charge in [-0.15, -0.1) is 11.3 Å². The lowest BCUT2D eigenvalue weighted by Gasteiger charge is -2.21. The van der Waals surface area contributed by atoms with E-state index in [4.69, 9.17) is 11.6 Å². The summed E-state index contributed by atoms with van der Waals surface area (Å²) < 4.78 is 27.5. The van der Waals surface area contributed by atoms with Crippen molar-refractivity contribution in [3.8, 4) is 0 Å². The quantitative estimate of drug-likeness (QED) is 0.836. The van der Waals surface area contributed by atoms with Crippen LogP contribution in [0.15, 0.2) is 12.1 Å². The molecule has 1 saturated carbocycles. The fourth-order valence-electron chi connectivity index (χ4n) is 3.30. The van der Waals surface area contributed by atoms with Crippen LogP contribution in [0.5, 0.6) is 0 Å². The van der Waals surface area contributed by atoms with E-state index in [1.165, 1.54) is 4.88 Å². The Morgan fingerprint density at radius 1 is 1.52 bits per heavy atom. The smallest absolute Gasteiger partial charge is 0.324 e. The van der Waals surface area contributed by atoms with Gasteiger partial charge in [0.15, 0.2) is 0 Å². The van der Waals surface area contributed by atoms with E-state index in [2.05, 4.69) is 23.6 Å². The maximum absolute atomic E-state index is 13.4. The predicted molar refractivity (Wildman–Crippen MR) is 88.4 cm³/mol. The van der Waals surface area contributed by atoms with Crippen LogP contribution in [0.25, 0.3) is 0 Å². The summed E-state index contributed by atoms with van der Waals surface area (Å²) in [7, 11) is 0. The van der Waals surface area contributed by atoms with E-state index in [-0.39, 0.29) is 12.5 Å². The van der Waals surface area contributed by atoms with E-state index in [9.17, 15) is 13.6 Å². The van der Waals surface area contributed by atoms with E-state index < -0.39 is 11.8 Å². The Balaban J connectivity index is 1.46. The highest BCUT2D eigenvalue weighted by atomic mass is 35.5.